The van der Waals surface area contributed by atoms with E-state index in [0.717, 1.165) is 6.42 Å². The molecular weight excluding hydrogens is 382 g/mol. The lowest BCUT2D eigenvalue weighted by molar-refractivity contribution is -0.161. The molecule has 164 valence electrons. The van der Waals surface area contributed by atoms with E-state index < -0.39 is 11.6 Å². The largest absolute Gasteiger partial charge is 0.496 e. The SMILES string of the molecule is CCCN1C(=O)C(CC(C)C)NC(=O)C12CCN(C(=O)c1ccccc1OC)CC2. The predicted octanol–water partition coefficient (Wildman–Crippen LogP) is 2.45. The van der Waals surface area contributed by atoms with E-state index >= 15 is 0 Å². The van der Waals surface area contributed by atoms with Crippen molar-refractivity contribution in [3.8, 4) is 5.75 Å². The molecule has 2 heterocycles. The van der Waals surface area contributed by atoms with Gasteiger partial charge in [-0.3, -0.25) is 14.4 Å². The number of amides is 3. The van der Waals surface area contributed by atoms with E-state index in [0.29, 0.717) is 56.1 Å². The number of piperazine rings is 1. The number of rotatable bonds is 6. The standard InChI is InChI=1S/C23H33N3O4/c1-5-12-26-21(28)18(15-16(2)3)24-22(29)23(26)10-13-25(14-11-23)20(27)17-8-6-7-9-19(17)30-4/h6-9,16,18H,5,10-15H2,1-4H3,(H,24,29). The molecule has 0 aromatic heterocycles. The molecule has 7 heteroatoms. The summed E-state index contributed by atoms with van der Waals surface area (Å²) in [5.41, 5.74) is -0.347. The molecule has 2 aliphatic heterocycles. The molecule has 0 bridgehead atoms. The van der Waals surface area contributed by atoms with Gasteiger partial charge in [-0.15, -0.1) is 0 Å². The van der Waals surface area contributed by atoms with Crippen molar-refractivity contribution < 1.29 is 19.1 Å². The Morgan fingerprint density at radius 3 is 2.50 bits per heavy atom. The molecule has 3 amide bonds. The second-order valence-corrected chi connectivity index (χ2v) is 8.67. The van der Waals surface area contributed by atoms with E-state index in [-0.39, 0.29) is 17.7 Å². The van der Waals surface area contributed by atoms with Crippen LogP contribution in [0.4, 0.5) is 0 Å². The zero-order valence-electron chi connectivity index (χ0n) is 18.4. The maximum absolute atomic E-state index is 13.2. The van der Waals surface area contributed by atoms with Gasteiger partial charge in [0.2, 0.25) is 11.8 Å². The number of hydrogen-bond acceptors (Lipinski definition) is 4. The third-order valence-corrected chi connectivity index (χ3v) is 6.18. The quantitative estimate of drug-likeness (QED) is 0.774. The first-order chi connectivity index (χ1) is 14.3. The van der Waals surface area contributed by atoms with Gasteiger partial charge < -0.3 is 19.9 Å². The van der Waals surface area contributed by atoms with Crippen LogP contribution in [0.2, 0.25) is 0 Å². The Morgan fingerprint density at radius 1 is 1.23 bits per heavy atom. The highest BCUT2D eigenvalue weighted by molar-refractivity contribution is 6.01. The van der Waals surface area contributed by atoms with Crippen molar-refractivity contribution in [2.45, 2.75) is 58.0 Å². The van der Waals surface area contributed by atoms with Gasteiger partial charge in [-0.05, 0) is 43.7 Å². The second-order valence-electron chi connectivity index (χ2n) is 8.67. The van der Waals surface area contributed by atoms with E-state index in [1.807, 2.05) is 19.1 Å². The molecule has 2 saturated heterocycles. The van der Waals surface area contributed by atoms with E-state index in [9.17, 15) is 14.4 Å². The number of nitrogens with zero attached hydrogens (tertiary/aromatic N) is 2. The Hall–Kier alpha value is -2.57. The number of benzene rings is 1. The number of ether oxygens (including phenoxy) is 1. The molecule has 1 unspecified atom stereocenters. The molecule has 2 fully saturated rings. The number of methoxy groups -OCH3 is 1. The van der Waals surface area contributed by atoms with Gasteiger partial charge in [-0.25, -0.2) is 0 Å². The van der Waals surface area contributed by atoms with Crippen LogP contribution in [0, 0.1) is 5.92 Å². The van der Waals surface area contributed by atoms with Crippen molar-refractivity contribution in [2.75, 3.05) is 26.7 Å². The minimum Gasteiger partial charge on any atom is -0.496 e. The van der Waals surface area contributed by atoms with Crippen molar-refractivity contribution in [2.24, 2.45) is 5.92 Å². The van der Waals surface area contributed by atoms with Crippen molar-refractivity contribution in [1.82, 2.24) is 15.1 Å². The number of piperidine rings is 1. The van der Waals surface area contributed by atoms with Crippen LogP contribution in [0.1, 0.15) is 56.8 Å². The van der Waals surface area contributed by atoms with Crippen LogP contribution in [0.5, 0.6) is 5.75 Å². The molecule has 2 aliphatic rings. The Balaban J connectivity index is 1.78. The normalized spacial score (nSPS) is 21.2. The summed E-state index contributed by atoms with van der Waals surface area (Å²) in [7, 11) is 1.55. The number of nitrogens with one attached hydrogen (secondary N) is 1. The average molecular weight is 416 g/mol. The summed E-state index contributed by atoms with van der Waals surface area (Å²) in [5.74, 6) is 0.680. The van der Waals surface area contributed by atoms with Gasteiger partial charge in [0, 0.05) is 19.6 Å². The fraction of sp³-hybridized carbons (Fsp3) is 0.609. The monoisotopic (exact) mass is 415 g/mol. The zero-order valence-corrected chi connectivity index (χ0v) is 18.4. The van der Waals surface area contributed by atoms with Gasteiger partial charge in [0.25, 0.3) is 5.91 Å². The first-order valence-electron chi connectivity index (χ1n) is 10.9. The first-order valence-corrected chi connectivity index (χ1v) is 10.9. The van der Waals surface area contributed by atoms with E-state index in [2.05, 4.69) is 19.2 Å². The fourth-order valence-corrected chi connectivity index (χ4v) is 4.62. The van der Waals surface area contributed by atoms with Crippen molar-refractivity contribution in [3.63, 3.8) is 0 Å². The summed E-state index contributed by atoms with van der Waals surface area (Å²) in [6, 6.07) is 6.70. The Labute approximate surface area is 178 Å². The summed E-state index contributed by atoms with van der Waals surface area (Å²) >= 11 is 0. The third kappa shape index (κ3) is 4.02. The van der Waals surface area contributed by atoms with Crippen LogP contribution >= 0.6 is 0 Å². The summed E-state index contributed by atoms with van der Waals surface area (Å²) in [6.45, 7) is 7.53. The molecule has 30 heavy (non-hydrogen) atoms. The highest BCUT2D eigenvalue weighted by atomic mass is 16.5. The van der Waals surface area contributed by atoms with Crippen LogP contribution in [-0.4, -0.2) is 65.8 Å². The minimum absolute atomic E-state index is 0.00894. The number of carbonyl (C=O) groups is 3. The molecule has 1 atom stereocenters. The first kappa shape index (κ1) is 22.1. The topological polar surface area (TPSA) is 79.0 Å². The summed E-state index contributed by atoms with van der Waals surface area (Å²) in [6.07, 6.45) is 2.32. The number of para-hydroxylation sites is 1. The van der Waals surface area contributed by atoms with E-state index in [4.69, 9.17) is 4.74 Å². The molecule has 1 N–H and O–H groups in total. The lowest BCUT2D eigenvalue weighted by Crippen LogP contribution is -2.73. The van der Waals surface area contributed by atoms with Crippen LogP contribution in [0.15, 0.2) is 24.3 Å². The van der Waals surface area contributed by atoms with Gasteiger partial charge in [0.05, 0.1) is 12.7 Å². The molecule has 3 rings (SSSR count). The molecule has 1 aromatic rings. The minimum atomic E-state index is -0.863. The highest BCUT2D eigenvalue weighted by Crippen LogP contribution is 2.35. The predicted molar refractivity (Wildman–Crippen MR) is 114 cm³/mol. The summed E-state index contributed by atoms with van der Waals surface area (Å²) in [5, 5.41) is 2.99. The Morgan fingerprint density at radius 2 is 1.90 bits per heavy atom. The highest BCUT2D eigenvalue weighted by Gasteiger charge is 2.53. The summed E-state index contributed by atoms with van der Waals surface area (Å²) in [4.78, 5) is 43.0. The van der Waals surface area contributed by atoms with Gasteiger partial charge >= 0.3 is 0 Å². The molecule has 1 spiro atoms. The van der Waals surface area contributed by atoms with Crippen LogP contribution in [0.25, 0.3) is 0 Å². The number of likely N-dealkylation sites (tertiary alicyclic amines) is 1. The van der Waals surface area contributed by atoms with Gasteiger partial charge in [-0.2, -0.15) is 0 Å². The van der Waals surface area contributed by atoms with E-state index in [1.54, 1.807) is 29.0 Å². The maximum atomic E-state index is 13.2. The van der Waals surface area contributed by atoms with Crippen LogP contribution < -0.4 is 10.1 Å². The van der Waals surface area contributed by atoms with Gasteiger partial charge in [-0.1, -0.05) is 32.9 Å². The van der Waals surface area contributed by atoms with E-state index in [1.165, 1.54) is 0 Å². The second kappa shape index (κ2) is 9.06. The smallest absolute Gasteiger partial charge is 0.257 e. The lowest BCUT2D eigenvalue weighted by Gasteiger charge is -2.51. The van der Waals surface area contributed by atoms with Crippen LogP contribution in [-0.2, 0) is 9.59 Å². The lowest BCUT2D eigenvalue weighted by atomic mass is 9.80. The molecule has 0 aliphatic carbocycles. The van der Waals surface area contributed by atoms with Crippen molar-refractivity contribution in [1.29, 1.82) is 0 Å². The average Bonchev–Trinajstić information content (AvgIpc) is 2.74. The third-order valence-electron chi connectivity index (χ3n) is 6.18. The van der Waals surface area contributed by atoms with Gasteiger partial charge in [0.1, 0.15) is 17.3 Å². The Kier molecular flexibility index (Phi) is 6.68. The molecule has 0 saturated carbocycles. The molecule has 0 radical (unpaired) electrons. The summed E-state index contributed by atoms with van der Waals surface area (Å²) < 4.78 is 5.33. The van der Waals surface area contributed by atoms with Crippen molar-refractivity contribution >= 4 is 17.7 Å². The Bertz CT molecular complexity index is 799. The zero-order chi connectivity index (χ0) is 21.9. The molecule has 7 nitrogen and oxygen atoms in total. The fourth-order valence-electron chi connectivity index (χ4n) is 4.62. The molecular formula is C23H33N3O4. The van der Waals surface area contributed by atoms with Gasteiger partial charge in [0.15, 0.2) is 0 Å². The number of hydrogen-bond donors (Lipinski definition) is 1. The number of carbonyl (C=O) groups excluding carboxylic acids is 3. The van der Waals surface area contributed by atoms with Crippen LogP contribution in [0.3, 0.4) is 0 Å². The maximum Gasteiger partial charge on any atom is 0.257 e. The molecule has 1 aromatic carbocycles. The van der Waals surface area contributed by atoms with Crippen molar-refractivity contribution in [3.05, 3.63) is 29.8 Å².